The van der Waals surface area contributed by atoms with Crippen molar-refractivity contribution in [2.75, 3.05) is 39.8 Å². The van der Waals surface area contributed by atoms with Crippen molar-refractivity contribution in [1.29, 1.82) is 0 Å². The molecule has 2 saturated heterocycles. The van der Waals surface area contributed by atoms with Crippen LogP contribution in [0.3, 0.4) is 0 Å². The Morgan fingerprint density at radius 1 is 1.10 bits per heavy atom. The standard InChI is InChI=1S/C24H40N4O/c1-5-29-23-10-12-28(13-11-23)24(25-4)26-15-21-8-6-7-9-22(21)18-27-16-19(2)14-20(3)17-27/h6-9,19-20,23H,5,10-18H2,1-4H3,(H,25,26). The van der Waals surface area contributed by atoms with Crippen molar-refractivity contribution < 1.29 is 4.74 Å². The van der Waals surface area contributed by atoms with Gasteiger partial charge in [0, 0.05) is 52.9 Å². The van der Waals surface area contributed by atoms with Crippen molar-refractivity contribution in [2.45, 2.75) is 59.2 Å². The van der Waals surface area contributed by atoms with Gasteiger partial charge >= 0.3 is 0 Å². The van der Waals surface area contributed by atoms with Crippen molar-refractivity contribution in [1.82, 2.24) is 15.1 Å². The molecular formula is C24H40N4O. The second kappa shape index (κ2) is 11.0. The van der Waals surface area contributed by atoms with Crippen LogP contribution in [0.5, 0.6) is 0 Å². The van der Waals surface area contributed by atoms with Gasteiger partial charge in [-0.15, -0.1) is 0 Å². The van der Waals surface area contributed by atoms with Crippen LogP contribution in [0.2, 0.25) is 0 Å². The van der Waals surface area contributed by atoms with E-state index in [4.69, 9.17) is 4.74 Å². The van der Waals surface area contributed by atoms with Crippen LogP contribution < -0.4 is 5.32 Å². The zero-order valence-electron chi connectivity index (χ0n) is 18.9. The number of nitrogens with zero attached hydrogens (tertiary/aromatic N) is 3. The number of ether oxygens (including phenoxy) is 1. The molecule has 2 aliphatic heterocycles. The Hall–Kier alpha value is -1.59. The molecule has 2 aliphatic rings. The molecule has 0 radical (unpaired) electrons. The molecule has 0 aliphatic carbocycles. The summed E-state index contributed by atoms with van der Waals surface area (Å²) in [5.74, 6) is 2.60. The van der Waals surface area contributed by atoms with Gasteiger partial charge < -0.3 is 15.0 Å². The molecule has 0 saturated carbocycles. The fourth-order valence-corrected chi connectivity index (χ4v) is 5.02. The number of aliphatic imine (C=N–C) groups is 1. The molecule has 2 atom stereocenters. The molecule has 0 spiro atoms. The molecule has 162 valence electrons. The average molecular weight is 401 g/mol. The van der Waals surface area contributed by atoms with Crippen LogP contribution in [-0.4, -0.2) is 61.7 Å². The number of rotatable bonds is 6. The number of nitrogens with one attached hydrogen (secondary N) is 1. The van der Waals surface area contributed by atoms with Crippen LogP contribution >= 0.6 is 0 Å². The third kappa shape index (κ3) is 6.45. The summed E-state index contributed by atoms with van der Waals surface area (Å²) in [5, 5.41) is 3.61. The van der Waals surface area contributed by atoms with E-state index in [1.165, 1.54) is 30.6 Å². The molecule has 0 aromatic heterocycles. The molecule has 29 heavy (non-hydrogen) atoms. The van der Waals surface area contributed by atoms with Crippen molar-refractivity contribution in [3.8, 4) is 0 Å². The van der Waals surface area contributed by atoms with Gasteiger partial charge in [0.2, 0.25) is 0 Å². The highest BCUT2D eigenvalue weighted by Gasteiger charge is 2.23. The lowest BCUT2D eigenvalue weighted by Gasteiger charge is -2.35. The third-order valence-electron chi connectivity index (χ3n) is 6.25. The number of piperidine rings is 2. The van der Waals surface area contributed by atoms with E-state index in [1.807, 2.05) is 7.05 Å². The first-order valence-corrected chi connectivity index (χ1v) is 11.4. The van der Waals surface area contributed by atoms with E-state index in [2.05, 4.69) is 65.1 Å². The first kappa shape index (κ1) is 22.1. The second-order valence-electron chi connectivity index (χ2n) is 8.95. The molecule has 0 amide bonds. The lowest BCUT2D eigenvalue weighted by molar-refractivity contribution is 0.0263. The molecule has 1 N–H and O–H groups in total. The van der Waals surface area contributed by atoms with Crippen LogP contribution in [0.4, 0.5) is 0 Å². The first-order valence-electron chi connectivity index (χ1n) is 11.4. The summed E-state index contributed by atoms with van der Waals surface area (Å²) >= 11 is 0. The first-order chi connectivity index (χ1) is 14.1. The Morgan fingerprint density at radius 3 is 2.38 bits per heavy atom. The monoisotopic (exact) mass is 400 g/mol. The maximum absolute atomic E-state index is 5.79. The van der Waals surface area contributed by atoms with E-state index in [0.29, 0.717) is 6.10 Å². The predicted molar refractivity (Wildman–Crippen MR) is 121 cm³/mol. The molecule has 2 heterocycles. The fraction of sp³-hybridized carbons (Fsp3) is 0.708. The van der Waals surface area contributed by atoms with Crippen molar-refractivity contribution >= 4 is 5.96 Å². The van der Waals surface area contributed by atoms with E-state index in [-0.39, 0.29) is 0 Å². The quantitative estimate of drug-likeness (QED) is 0.583. The maximum Gasteiger partial charge on any atom is 0.193 e. The molecule has 5 heteroatoms. The average Bonchev–Trinajstić information content (AvgIpc) is 2.70. The summed E-state index contributed by atoms with van der Waals surface area (Å²) < 4.78 is 5.79. The third-order valence-corrected chi connectivity index (χ3v) is 6.25. The van der Waals surface area contributed by atoms with E-state index in [9.17, 15) is 0 Å². The van der Waals surface area contributed by atoms with Crippen molar-refractivity contribution in [3.63, 3.8) is 0 Å². The highest BCUT2D eigenvalue weighted by molar-refractivity contribution is 5.80. The van der Waals surface area contributed by atoms with E-state index < -0.39 is 0 Å². The van der Waals surface area contributed by atoms with E-state index in [1.54, 1.807) is 0 Å². The van der Waals surface area contributed by atoms with Gasteiger partial charge in [0.05, 0.1) is 6.10 Å². The minimum atomic E-state index is 0.407. The zero-order chi connectivity index (χ0) is 20.6. The van der Waals surface area contributed by atoms with Crippen LogP contribution in [0, 0.1) is 11.8 Å². The maximum atomic E-state index is 5.79. The summed E-state index contributed by atoms with van der Waals surface area (Å²) in [6.07, 6.45) is 3.92. The number of hydrogen-bond acceptors (Lipinski definition) is 3. The largest absolute Gasteiger partial charge is 0.378 e. The molecule has 3 rings (SSSR count). The second-order valence-corrected chi connectivity index (χ2v) is 8.95. The Labute approximate surface area is 177 Å². The summed E-state index contributed by atoms with van der Waals surface area (Å²) in [6.45, 7) is 14.0. The van der Waals surface area contributed by atoms with Crippen molar-refractivity contribution in [2.24, 2.45) is 16.8 Å². The smallest absolute Gasteiger partial charge is 0.193 e. The molecule has 0 bridgehead atoms. The minimum Gasteiger partial charge on any atom is -0.378 e. The SMILES string of the molecule is CCOC1CCN(C(=NC)NCc2ccccc2CN2CC(C)CC(C)C2)CC1. The Balaban J connectivity index is 1.56. The molecule has 1 aromatic rings. The highest BCUT2D eigenvalue weighted by Crippen LogP contribution is 2.23. The summed E-state index contributed by atoms with van der Waals surface area (Å²) in [7, 11) is 1.89. The number of guanidine groups is 1. The Kier molecular flexibility index (Phi) is 8.37. The normalized spacial score (nSPS) is 24.7. The Bertz CT molecular complexity index is 644. The molecule has 2 unspecified atom stereocenters. The van der Waals surface area contributed by atoms with Crippen LogP contribution in [0.1, 0.15) is 51.2 Å². The number of likely N-dealkylation sites (tertiary alicyclic amines) is 2. The molecule has 1 aromatic carbocycles. The van der Waals surface area contributed by atoms with E-state index in [0.717, 1.165) is 63.4 Å². The molecule has 5 nitrogen and oxygen atoms in total. The molecule has 2 fully saturated rings. The van der Waals surface area contributed by atoms with Gasteiger partial charge in [-0.3, -0.25) is 9.89 Å². The topological polar surface area (TPSA) is 40.1 Å². The highest BCUT2D eigenvalue weighted by atomic mass is 16.5. The summed E-state index contributed by atoms with van der Waals surface area (Å²) in [4.78, 5) is 9.54. The van der Waals surface area contributed by atoms with Gasteiger partial charge in [-0.2, -0.15) is 0 Å². The van der Waals surface area contributed by atoms with Gasteiger partial charge in [0.15, 0.2) is 5.96 Å². The van der Waals surface area contributed by atoms with Crippen LogP contribution in [-0.2, 0) is 17.8 Å². The van der Waals surface area contributed by atoms with Gasteiger partial charge in [0.1, 0.15) is 0 Å². The fourth-order valence-electron chi connectivity index (χ4n) is 5.02. The van der Waals surface area contributed by atoms with Crippen LogP contribution in [0.15, 0.2) is 29.3 Å². The van der Waals surface area contributed by atoms with Gasteiger partial charge in [-0.05, 0) is 49.1 Å². The number of hydrogen-bond donors (Lipinski definition) is 1. The summed E-state index contributed by atoms with van der Waals surface area (Å²) in [5.41, 5.74) is 2.82. The predicted octanol–water partition coefficient (Wildman–Crippen LogP) is 3.74. The number of benzene rings is 1. The van der Waals surface area contributed by atoms with Crippen molar-refractivity contribution in [3.05, 3.63) is 35.4 Å². The van der Waals surface area contributed by atoms with Gasteiger partial charge in [0.25, 0.3) is 0 Å². The minimum absolute atomic E-state index is 0.407. The van der Waals surface area contributed by atoms with Gasteiger partial charge in [-0.1, -0.05) is 38.1 Å². The van der Waals surface area contributed by atoms with Gasteiger partial charge in [-0.25, -0.2) is 0 Å². The lowest BCUT2D eigenvalue weighted by Crippen LogP contribution is -2.46. The summed E-state index contributed by atoms with van der Waals surface area (Å²) in [6, 6.07) is 8.87. The van der Waals surface area contributed by atoms with E-state index >= 15 is 0 Å². The molecular weight excluding hydrogens is 360 g/mol. The zero-order valence-corrected chi connectivity index (χ0v) is 18.9. The lowest BCUT2D eigenvalue weighted by atomic mass is 9.91. The van der Waals surface area contributed by atoms with Crippen LogP contribution in [0.25, 0.3) is 0 Å². The Morgan fingerprint density at radius 2 is 1.76 bits per heavy atom.